The Bertz CT molecular complexity index is 175. The average molecular weight is 228 g/mol. The predicted octanol–water partition coefficient (Wildman–Crippen LogP) is 2.41. The van der Waals surface area contributed by atoms with Crippen molar-refractivity contribution in [2.45, 2.75) is 59.4 Å². The van der Waals surface area contributed by atoms with Crippen LogP contribution in [0.2, 0.25) is 0 Å². The molecule has 0 heterocycles. The van der Waals surface area contributed by atoms with Crippen LogP contribution in [-0.4, -0.2) is 36.5 Å². The lowest BCUT2D eigenvalue weighted by atomic mass is 10.2. The molecule has 0 aliphatic rings. The number of hydrogen-bond acceptors (Lipinski definition) is 2. The Morgan fingerprint density at radius 1 is 1.19 bits per heavy atom. The van der Waals surface area contributed by atoms with Gasteiger partial charge in [0.2, 0.25) is 5.91 Å². The van der Waals surface area contributed by atoms with Crippen molar-refractivity contribution in [3.8, 4) is 0 Å². The summed E-state index contributed by atoms with van der Waals surface area (Å²) in [6.45, 7) is 11.3. The molecule has 0 aliphatic heterocycles. The van der Waals surface area contributed by atoms with Crippen LogP contribution in [0.3, 0.4) is 0 Å². The van der Waals surface area contributed by atoms with Crippen LogP contribution < -0.4 is 5.32 Å². The molecule has 0 radical (unpaired) electrons. The van der Waals surface area contributed by atoms with Crippen LogP contribution in [0.5, 0.6) is 0 Å². The van der Waals surface area contributed by atoms with Crippen LogP contribution in [0.25, 0.3) is 0 Å². The number of carbonyl (C=O) groups is 1. The summed E-state index contributed by atoms with van der Waals surface area (Å²) in [4.78, 5) is 13.9. The highest BCUT2D eigenvalue weighted by Gasteiger charge is 2.10. The minimum absolute atomic E-state index is 0.314. The van der Waals surface area contributed by atoms with E-state index in [9.17, 15) is 4.79 Å². The molecule has 0 aromatic carbocycles. The Hall–Kier alpha value is -0.570. The topological polar surface area (TPSA) is 32.3 Å². The minimum atomic E-state index is 0.314. The molecule has 0 aromatic heterocycles. The largest absolute Gasteiger partial charge is 0.343 e. The molecule has 0 fully saturated rings. The zero-order valence-electron chi connectivity index (χ0n) is 11.4. The maximum absolute atomic E-state index is 11.9. The fourth-order valence-electron chi connectivity index (χ4n) is 1.69. The first-order valence-corrected chi connectivity index (χ1v) is 6.62. The van der Waals surface area contributed by atoms with Gasteiger partial charge in [-0.25, -0.2) is 0 Å². The third-order valence-electron chi connectivity index (χ3n) is 2.46. The van der Waals surface area contributed by atoms with E-state index in [2.05, 4.69) is 33.0 Å². The van der Waals surface area contributed by atoms with Gasteiger partial charge in [0.15, 0.2) is 0 Å². The van der Waals surface area contributed by atoms with Crippen molar-refractivity contribution in [1.29, 1.82) is 0 Å². The Balaban J connectivity index is 3.73. The van der Waals surface area contributed by atoms with Gasteiger partial charge in [-0.3, -0.25) is 4.79 Å². The number of rotatable bonds is 9. The fraction of sp³-hybridized carbons (Fsp3) is 0.923. The normalized spacial score (nSPS) is 10.8. The van der Waals surface area contributed by atoms with Crippen LogP contribution in [0.15, 0.2) is 0 Å². The van der Waals surface area contributed by atoms with Gasteiger partial charge in [-0.1, -0.05) is 27.7 Å². The van der Waals surface area contributed by atoms with Gasteiger partial charge in [0.25, 0.3) is 0 Å². The van der Waals surface area contributed by atoms with Gasteiger partial charge in [0.05, 0.1) is 0 Å². The third kappa shape index (κ3) is 7.69. The first kappa shape index (κ1) is 15.4. The van der Waals surface area contributed by atoms with Crippen molar-refractivity contribution >= 4 is 5.91 Å². The molecule has 0 saturated heterocycles. The summed E-state index contributed by atoms with van der Waals surface area (Å²) in [6, 6.07) is 0.512. The quantitative estimate of drug-likeness (QED) is 0.615. The highest BCUT2D eigenvalue weighted by molar-refractivity contribution is 5.76. The Kier molecular flexibility index (Phi) is 9.30. The molecule has 0 bridgehead atoms. The van der Waals surface area contributed by atoms with Gasteiger partial charge in [-0.05, 0) is 25.8 Å². The molecule has 3 nitrogen and oxygen atoms in total. The van der Waals surface area contributed by atoms with E-state index >= 15 is 0 Å². The van der Waals surface area contributed by atoms with E-state index in [1.165, 1.54) is 0 Å². The van der Waals surface area contributed by atoms with E-state index in [0.29, 0.717) is 18.4 Å². The molecule has 0 aromatic rings. The van der Waals surface area contributed by atoms with Gasteiger partial charge in [-0.15, -0.1) is 0 Å². The fourth-order valence-corrected chi connectivity index (χ4v) is 1.69. The van der Waals surface area contributed by atoms with E-state index in [4.69, 9.17) is 0 Å². The molecule has 0 rings (SSSR count). The Morgan fingerprint density at radius 3 is 2.19 bits per heavy atom. The molecule has 0 atom stereocenters. The zero-order chi connectivity index (χ0) is 12.4. The summed E-state index contributed by atoms with van der Waals surface area (Å²) < 4.78 is 0. The van der Waals surface area contributed by atoms with E-state index < -0.39 is 0 Å². The van der Waals surface area contributed by atoms with Crippen molar-refractivity contribution in [3.63, 3.8) is 0 Å². The lowest BCUT2D eigenvalue weighted by Gasteiger charge is -2.21. The number of amides is 1. The predicted molar refractivity (Wildman–Crippen MR) is 69.5 cm³/mol. The highest BCUT2D eigenvalue weighted by atomic mass is 16.2. The van der Waals surface area contributed by atoms with E-state index in [1.807, 2.05) is 4.90 Å². The first-order valence-electron chi connectivity index (χ1n) is 6.62. The summed E-state index contributed by atoms with van der Waals surface area (Å²) in [5, 5.41) is 3.33. The summed E-state index contributed by atoms with van der Waals surface area (Å²) in [5.41, 5.74) is 0. The average Bonchev–Trinajstić information content (AvgIpc) is 2.23. The van der Waals surface area contributed by atoms with E-state index in [1.54, 1.807) is 0 Å². The molecule has 0 aliphatic carbocycles. The molecular formula is C13H28N2O. The van der Waals surface area contributed by atoms with Crippen LogP contribution >= 0.6 is 0 Å². The van der Waals surface area contributed by atoms with Crippen molar-refractivity contribution in [1.82, 2.24) is 10.2 Å². The summed E-state index contributed by atoms with van der Waals surface area (Å²) in [7, 11) is 0. The van der Waals surface area contributed by atoms with Crippen LogP contribution in [-0.2, 0) is 4.79 Å². The molecule has 1 amide bonds. The zero-order valence-corrected chi connectivity index (χ0v) is 11.4. The van der Waals surface area contributed by atoms with Crippen molar-refractivity contribution in [2.75, 3.05) is 19.6 Å². The Morgan fingerprint density at radius 2 is 1.75 bits per heavy atom. The molecule has 3 heteroatoms. The maximum Gasteiger partial charge on any atom is 0.222 e. The molecule has 0 unspecified atom stereocenters. The second kappa shape index (κ2) is 9.64. The SMILES string of the molecule is CCCN(CCC)C(=O)CCCNC(C)C. The summed E-state index contributed by atoms with van der Waals surface area (Å²) in [6.07, 6.45) is 3.73. The molecule has 1 N–H and O–H groups in total. The lowest BCUT2D eigenvalue weighted by molar-refractivity contribution is -0.131. The molecule has 0 spiro atoms. The van der Waals surface area contributed by atoms with Crippen molar-refractivity contribution < 1.29 is 4.79 Å². The molecular weight excluding hydrogens is 200 g/mol. The number of nitrogens with zero attached hydrogens (tertiary/aromatic N) is 1. The lowest BCUT2D eigenvalue weighted by Crippen LogP contribution is -2.33. The number of carbonyl (C=O) groups excluding carboxylic acids is 1. The maximum atomic E-state index is 11.9. The number of nitrogens with one attached hydrogen (secondary N) is 1. The van der Waals surface area contributed by atoms with Gasteiger partial charge < -0.3 is 10.2 Å². The van der Waals surface area contributed by atoms with Crippen LogP contribution in [0.4, 0.5) is 0 Å². The highest BCUT2D eigenvalue weighted by Crippen LogP contribution is 2.00. The third-order valence-corrected chi connectivity index (χ3v) is 2.46. The second-order valence-corrected chi connectivity index (χ2v) is 4.59. The monoisotopic (exact) mass is 228 g/mol. The van der Waals surface area contributed by atoms with Crippen molar-refractivity contribution in [2.24, 2.45) is 0 Å². The number of hydrogen-bond donors (Lipinski definition) is 1. The van der Waals surface area contributed by atoms with Crippen molar-refractivity contribution in [3.05, 3.63) is 0 Å². The second-order valence-electron chi connectivity index (χ2n) is 4.59. The minimum Gasteiger partial charge on any atom is -0.343 e. The molecule has 0 saturated carbocycles. The van der Waals surface area contributed by atoms with Gasteiger partial charge in [0.1, 0.15) is 0 Å². The molecule has 16 heavy (non-hydrogen) atoms. The smallest absolute Gasteiger partial charge is 0.222 e. The molecule has 96 valence electrons. The standard InChI is InChI=1S/C13H28N2O/c1-5-10-15(11-6-2)13(16)8-7-9-14-12(3)4/h12,14H,5-11H2,1-4H3. The first-order chi connectivity index (χ1) is 7.61. The van der Waals surface area contributed by atoms with Gasteiger partial charge >= 0.3 is 0 Å². The van der Waals surface area contributed by atoms with E-state index in [-0.39, 0.29) is 0 Å². The van der Waals surface area contributed by atoms with Crippen LogP contribution in [0.1, 0.15) is 53.4 Å². The van der Waals surface area contributed by atoms with E-state index in [0.717, 1.165) is 38.9 Å². The van der Waals surface area contributed by atoms with Gasteiger partial charge in [0, 0.05) is 25.6 Å². The summed E-state index contributed by atoms with van der Waals surface area (Å²) in [5.74, 6) is 0.314. The summed E-state index contributed by atoms with van der Waals surface area (Å²) >= 11 is 0. The van der Waals surface area contributed by atoms with Crippen LogP contribution in [0, 0.1) is 0 Å². The Labute approximate surface area is 101 Å². The van der Waals surface area contributed by atoms with Gasteiger partial charge in [-0.2, -0.15) is 0 Å².